The number of hydrogen-bond acceptors (Lipinski definition) is 0. The third-order valence-corrected chi connectivity index (χ3v) is 9.72. The van der Waals surface area contributed by atoms with Crippen LogP contribution in [0.2, 0.25) is 0 Å². The van der Waals surface area contributed by atoms with E-state index >= 15 is 0 Å². The Morgan fingerprint density at radius 1 is 0.412 bits per heavy atom. The summed E-state index contributed by atoms with van der Waals surface area (Å²) in [5.41, 5.74) is 12.4. The zero-order valence-electron chi connectivity index (χ0n) is 32.5. The Balaban J connectivity index is 0.000000298. The molecule has 0 bridgehead atoms. The topological polar surface area (TPSA) is 20.1 Å². The molecule has 0 aliphatic carbocycles. The molecular weight excluding hydrogens is 804 g/mol. The Labute approximate surface area is 321 Å². The molecule has 0 saturated carbocycles. The third kappa shape index (κ3) is 8.09. The molecule has 0 radical (unpaired) electrons. The zero-order chi connectivity index (χ0) is 36.2. The fourth-order valence-electron chi connectivity index (χ4n) is 6.38. The van der Waals surface area contributed by atoms with Crippen molar-refractivity contribution in [2.24, 2.45) is 0 Å². The van der Waals surface area contributed by atoms with Crippen molar-refractivity contribution in [1.82, 2.24) is 14.1 Å². The molecule has 4 heteroatoms. The number of rotatable bonds is 2. The Morgan fingerprint density at radius 2 is 0.706 bits per heavy atom. The van der Waals surface area contributed by atoms with E-state index in [2.05, 4.69) is 200 Å². The minimum Gasteiger partial charge on any atom is -0.657 e. The maximum atomic E-state index is 4.52. The zero-order valence-corrected chi connectivity index (χ0v) is 34.7. The van der Waals surface area contributed by atoms with E-state index in [-0.39, 0.29) is 44.0 Å². The predicted octanol–water partition coefficient (Wildman–Crippen LogP) is 12.7. The van der Waals surface area contributed by atoms with Crippen molar-refractivity contribution in [2.45, 2.75) is 105 Å². The standard InChI is InChI=1S/C35H46N2.C12H8N.Au/c1-32(2,3)24-17-25(33(4,5)6)20-28(19-24)36-23-37(31-16-14-13-15-30(31)36)29-21-26(34(7,8)9)18-27(22-29)35(10,11)12;1-3-7-11-9(5-1)10-6-2-4-8-12(10)13-11;/h13-22H,1-12H3;1-8H;/q+2;-1;+1. The SMILES string of the molecule is CC(C)(C)c1cc([N+]2=C=[N+](c3cc(C(C)(C)C)cc(C(C)(C)C)c3)c3ccccc32)cc(C(C)(C)C)c1.[Au+].c1ccc2c(c1)[n-]c1ccccc12. The van der Waals surface area contributed by atoms with Gasteiger partial charge in [-0.25, -0.2) is 0 Å². The van der Waals surface area contributed by atoms with Gasteiger partial charge < -0.3 is 4.98 Å². The average Bonchev–Trinajstić information content (AvgIpc) is 3.62. The van der Waals surface area contributed by atoms with Gasteiger partial charge in [0.25, 0.3) is 11.4 Å². The molecule has 5 aromatic carbocycles. The number of para-hydroxylation sites is 4. The van der Waals surface area contributed by atoms with E-state index in [0.29, 0.717) is 0 Å². The Kier molecular flexibility index (Phi) is 10.4. The molecule has 1 aromatic heterocycles. The van der Waals surface area contributed by atoms with Gasteiger partial charge in [-0.2, -0.15) is 0 Å². The van der Waals surface area contributed by atoms with Crippen LogP contribution in [0.15, 0.2) is 109 Å². The van der Waals surface area contributed by atoms with E-state index in [9.17, 15) is 0 Å². The first kappa shape index (κ1) is 38.3. The number of aromatic nitrogens is 1. The van der Waals surface area contributed by atoms with Crippen LogP contribution in [0, 0.1) is 0 Å². The van der Waals surface area contributed by atoms with E-state index in [4.69, 9.17) is 0 Å². The second-order valence-electron chi connectivity index (χ2n) is 17.9. The molecule has 0 spiro atoms. The smallest absolute Gasteiger partial charge is 0.657 e. The van der Waals surface area contributed by atoms with Gasteiger partial charge in [0.15, 0.2) is 0 Å². The minimum absolute atomic E-state index is 0. The first-order valence-corrected chi connectivity index (χ1v) is 18.0. The molecular formula is C47H54AuN3+2. The first-order valence-electron chi connectivity index (χ1n) is 18.0. The van der Waals surface area contributed by atoms with Crippen LogP contribution in [-0.2, 0) is 44.0 Å². The van der Waals surface area contributed by atoms with Crippen molar-refractivity contribution in [2.75, 3.05) is 0 Å². The van der Waals surface area contributed by atoms with E-state index in [1.807, 2.05) is 12.1 Å². The van der Waals surface area contributed by atoms with E-state index in [1.54, 1.807) is 0 Å². The van der Waals surface area contributed by atoms with Crippen LogP contribution in [-0.4, -0.2) is 6.01 Å². The minimum atomic E-state index is 0. The van der Waals surface area contributed by atoms with Crippen LogP contribution < -0.4 is 14.1 Å². The van der Waals surface area contributed by atoms with Gasteiger partial charge in [-0.05, 0) is 63.8 Å². The van der Waals surface area contributed by atoms with Gasteiger partial charge in [-0.15, -0.1) is 11.0 Å². The van der Waals surface area contributed by atoms with Crippen molar-refractivity contribution >= 4 is 50.6 Å². The predicted molar refractivity (Wildman–Crippen MR) is 217 cm³/mol. The Bertz CT molecular complexity index is 2060. The molecule has 0 amide bonds. The summed E-state index contributed by atoms with van der Waals surface area (Å²) in [5.74, 6) is 0. The summed E-state index contributed by atoms with van der Waals surface area (Å²) in [6.07, 6.45) is 0. The summed E-state index contributed by atoms with van der Waals surface area (Å²) in [7, 11) is 0. The van der Waals surface area contributed by atoms with Crippen LogP contribution in [0.1, 0.15) is 105 Å². The summed E-state index contributed by atoms with van der Waals surface area (Å²) in [5, 5.41) is 2.50. The molecule has 1 aliphatic rings. The molecule has 0 atom stereocenters. The van der Waals surface area contributed by atoms with E-state index < -0.39 is 0 Å². The summed E-state index contributed by atoms with van der Waals surface area (Å²) < 4.78 is 4.50. The number of fused-ring (bicyclic) bond motifs is 4. The normalized spacial score (nSPS) is 13.3. The molecule has 6 aromatic rings. The van der Waals surface area contributed by atoms with Crippen LogP contribution in [0.3, 0.4) is 0 Å². The van der Waals surface area contributed by atoms with Gasteiger partial charge in [0.2, 0.25) is 11.4 Å². The molecule has 0 unspecified atom stereocenters. The van der Waals surface area contributed by atoms with Crippen LogP contribution in [0.4, 0.5) is 22.7 Å². The van der Waals surface area contributed by atoms with Crippen LogP contribution in [0.25, 0.3) is 21.8 Å². The molecule has 0 N–H and O–H groups in total. The van der Waals surface area contributed by atoms with Crippen molar-refractivity contribution in [3.63, 3.8) is 0 Å². The molecule has 7 rings (SSSR count). The summed E-state index contributed by atoms with van der Waals surface area (Å²) in [4.78, 5) is 4.52. The molecule has 3 nitrogen and oxygen atoms in total. The quantitative estimate of drug-likeness (QED) is 0.125. The van der Waals surface area contributed by atoms with Gasteiger partial charge in [-0.3, -0.25) is 0 Å². The van der Waals surface area contributed by atoms with Gasteiger partial charge in [0.05, 0.1) is 0 Å². The van der Waals surface area contributed by atoms with Crippen LogP contribution >= 0.6 is 0 Å². The van der Waals surface area contributed by atoms with Gasteiger partial charge in [0.1, 0.15) is 0 Å². The average molecular weight is 858 g/mol. The Hall–Kier alpha value is -3.98. The van der Waals surface area contributed by atoms with E-state index in [0.717, 1.165) is 33.8 Å². The molecule has 0 saturated heterocycles. The number of hydrogen-bond donors (Lipinski definition) is 0. The molecule has 0 fully saturated rings. The molecule has 2 heterocycles. The monoisotopic (exact) mass is 857 g/mol. The van der Waals surface area contributed by atoms with Crippen molar-refractivity contribution < 1.29 is 22.4 Å². The molecule has 51 heavy (non-hydrogen) atoms. The third-order valence-electron chi connectivity index (χ3n) is 9.72. The largest absolute Gasteiger partial charge is 1.00 e. The van der Waals surface area contributed by atoms with Crippen molar-refractivity contribution in [3.8, 4) is 0 Å². The summed E-state index contributed by atoms with van der Waals surface area (Å²) >= 11 is 0. The number of nitrogens with zero attached hydrogens (tertiary/aromatic N) is 3. The van der Waals surface area contributed by atoms with Crippen molar-refractivity contribution in [3.05, 3.63) is 131 Å². The van der Waals surface area contributed by atoms with Crippen LogP contribution in [0.5, 0.6) is 0 Å². The maximum absolute atomic E-state index is 4.52. The maximum Gasteiger partial charge on any atom is 1.00 e. The van der Waals surface area contributed by atoms with E-state index in [1.165, 1.54) is 33.0 Å². The summed E-state index contributed by atoms with van der Waals surface area (Å²) in [6, 6.07) is 43.1. The fourth-order valence-corrected chi connectivity index (χ4v) is 6.38. The summed E-state index contributed by atoms with van der Waals surface area (Å²) in [6.45, 7) is 27.5. The number of benzene rings is 5. The molecule has 1 aliphatic heterocycles. The molecule has 266 valence electrons. The van der Waals surface area contributed by atoms with Crippen molar-refractivity contribution in [1.29, 1.82) is 0 Å². The second-order valence-corrected chi connectivity index (χ2v) is 17.9. The fraction of sp³-hybridized carbons (Fsp3) is 0.340. The second kappa shape index (κ2) is 13.9. The Morgan fingerprint density at radius 3 is 1.02 bits per heavy atom. The first-order chi connectivity index (χ1) is 23.3. The van der Waals surface area contributed by atoms with Gasteiger partial charge >= 0.3 is 28.4 Å². The van der Waals surface area contributed by atoms with Gasteiger partial charge in [-0.1, -0.05) is 156 Å². The van der Waals surface area contributed by atoms with Gasteiger partial charge in [0, 0.05) is 36.4 Å².